The summed E-state index contributed by atoms with van der Waals surface area (Å²) in [4.78, 5) is 73.1. The van der Waals surface area contributed by atoms with Crippen LogP contribution in [0.1, 0.15) is 433 Å². The third kappa shape index (κ3) is 76.1. The van der Waals surface area contributed by atoms with Crippen molar-refractivity contribution in [3.05, 3.63) is 0 Å². The van der Waals surface area contributed by atoms with Crippen LogP contribution in [0, 0.1) is 11.8 Å². The highest BCUT2D eigenvalue weighted by Crippen LogP contribution is 2.45. The maximum absolute atomic E-state index is 13.1. The van der Waals surface area contributed by atoms with Crippen molar-refractivity contribution in [3.63, 3.8) is 0 Å². The Balaban J connectivity index is 5.26. The summed E-state index contributed by atoms with van der Waals surface area (Å²) in [6, 6.07) is 0. The fourth-order valence-electron chi connectivity index (χ4n) is 12.7. The number of ether oxygens (including phenoxy) is 4. The fourth-order valence-corrected chi connectivity index (χ4v) is 14.3. The van der Waals surface area contributed by atoms with Crippen LogP contribution in [-0.2, 0) is 65.4 Å². The van der Waals surface area contributed by atoms with Gasteiger partial charge in [0.05, 0.1) is 26.4 Å². The molecule has 0 bridgehead atoms. The van der Waals surface area contributed by atoms with Crippen molar-refractivity contribution in [2.24, 2.45) is 11.8 Å². The molecule has 0 aromatic heterocycles. The fraction of sp³-hybridized carbons (Fsp3) is 0.951. The van der Waals surface area contributed by atoms with E-state index in [-0.39, 0.29) is 25.7 Å². The van der Waals surface area contributed by atoms with Crippen LogP contribution in [0.25, 0.3) is 0 Å². The molecule has 0 aromatic rings. The van der Waals surface area contributed by atoms with E-state index in [2.05, 4.69) is 41.5 Å². The number of esters is 4. The summed E-state index contributed by atoms with van der Waals surface area (Å²) < 4.78 is 68.8. The van der Waals surface area contributed by atoms with E-state index in [9.17, 15) is 43.2 Å². The third-order valence-corrected chi connectivity index (χ3v) is 21.1. The van der Waals surface area contributed by atoms with Crippen molar-refractivity contribution in [3.8, 4) is 0 Å². The predicted octanol–water partition coefficient (Wildman–Crippen LogP) is 24.7. The highest BCUT2D eigenvalue weighted by Gasteiger charge is 2.30. The first-order chi connectivity index (χ1) is 48.9. The van der Waals surface area contributed by atoms with Crippen molar-refractivity contribution in [1.29, 1.82) is 0 Å². The Kier molecular flexibility index (Phi) is 72.2. The number of rotatable bonds is 81. The van der Waals surface area contributed by atoms with E-state index >= 15 is 0 Å². The molecule has 0 heterocycles. The smallest absolute Gasteiger partial charge is 0.462 e. The zero-order valence-corrected chi connectivity index (χ0v) is 68.0. The first kappa shape index (κ1) is 99.1. The molecule has 0 radical (unpaired) electrons. The summed E-state index contributed by atoms with van der Waals surface area (Å²) >= 11 is 0. The van der Waals surface area contributed by atoms with Crippen molar-refractivity contribution >= 4 is 39.5 Å². The molecule has 3 N–H and O–H groups in total. The molecule has 101 heavy (non-hydrogen) atoms. The first-order valence-corrected chi connectivity index (χ1v) is 45.5. The standard InChI is InChI=1S/C82H160O17P2/c1-7-9-11-13-15-17-19-21-23-24-25-26-27-31-36-42-49-55-61-67-82(87)98-77(70-92-79(84)64-58-52-46-40-34-32-28-29-33-38-44-50-56-62-74(3)4)72-96-100(88,89)94-68-76(83)69-95-101(90,91)97-73-78(71-93-80(85)65-59-53-47-43-37-39-45-51-57-63-75(5)6)99-81(86)66-60-54-48-41-35-30-22-20-18-16-14-12-10-8-2/h74-78,83H,7-73H2,1-6H3,(H,88,89)(H,90,91)/t76-,77-,78-/m1/s1. The van der Waals surface area contributed by atoms with Crippen LogP contribution in [0.3, 0.4) is 0 Å². The van der Waals surface area contributed by atoms with Gasteiger partial charge in [0, 0.05) is 25.7 Å². The number of hydrogen-bond donors (Lipinski definition) is 3. The van der Waals surface area contributed by atoms with E-state index in [4.69, 9.17) is 37.0 Å². The lowest BCUT2D eigenvalue weighted by molar-refractivity contribution is -0.161. The number of phosphoric acid groups is 2. The zero-order chi connectivity index (χ0) is 74.2. The molecule has 5 atom stereocenters. The SMILES string of the molecule is CCCCCCCCCCCCCCCCCCCCCC(=O)O[C@H](COC(=O)CCCCCCCCCCCCCCCC(C)C)COP(=O)(O)OC[C@@H](O)COP(=O)(O)OC[C@@H](COC(=O)CCCCCCCCCCCC(C)C)OC(=O)CCCCCCCCCCCCCCCC. The molecule has 0 aliphatic carbocycles. The van der Waals surface area contributed by atoms with Crippen LogP contribution in [0.4, 0.5) is 0 Å². The van der Waals surface area contributed by atoms with Gasteiger partial charge in [-0.2, -0.15) is 0 Å². The molecule has 600 valence electrons. The minimum absolute atomic E-state index is 0.108. The van der Waals surface area contributed by atoms with E-state index in [1.807, 2.05) is 0 Å². The number of carbonyl (C=O) groups is 4. The molecule has 0 aliphatic heterocycles. The number of unbranched alkanes of at least 4 members (excludes halogenated alkanes) is 51. The first-order valence-electron chi connectivity index (χ1n) is 42.5. The van der Waals surface area contributed by atoms with Crippen LogP contribution in [0.15, 0.2) is 0 Å². The van der Waals surface area contributed by atoms with Crippen LogP contribution in [-0.4, -0.2) is 96.7 Å². The lowest BCUT2D eigenvalue weighted by Crippen LogP contribution is -2.30. The van der Waals surface area contributed by atoms with E-state index in [1.54, 1.807) is 0 Å². The maximum Gasteiger partial charge on any atom is 0.472 e. The van der Waals surface area contributed by atoms with Gasteiger partial charge in [0.15, 0.2) is 12.2 Å². The number of aliphatic hydroxyl groups excluding tert-OH is 1. The van der Waals surface area contributed by atoms with Crippen LogP contribution < -0.4 is 0 Å². The summed E-state index contributed by atoms with van der Waals surface area (Å²) in [6.45, 7) is 9.65. The van der Waals surface area contributed by atoms with Gasteiger partial charge < -0.3 is 33.8 Å². The Morgan fingerprint density at radius 1 is 0.267 bits per heavy atom. The molecule has 0 spiro atoms. The van der Waals surface area contributed by atoms with E-state index < -0.39 is 97.5 Å². The van der Waals surface area contributed by atoms with Crippen LogP contribution in [0.2, 0.25) is 0 Å². The molecular weight excluding hydrogens is 1320 g/mol. The summed E-state index contributed by atoms with van der Waals surface area (Å²) in [7, 11) is -9.92. The number of hydrogen-bond acceptors (Lipinski definition) is 15. The molecular formula is C82H160O17P2. The average Bonchev–Trinajstić information content (AvgIpc) is 1.05. The Labute approximate surface area is 619 Å². The van der Waals surface area contributed by atoms with Gasteiger partial charge in [0.1, 0.15) is 19.3 Å². The van der Waals surface area contributed by atoms with Gasteiger partial charge in [-0.15, -0.1) is 0 Å². The van der Waals surface area contributed by atoms with Crippen molar-refractivity contribution in [2.75, 3.05) is 39.6 Å². The van der Waals surface area contributed by atoms with Gasteiger partial charge in [-0.25, -0.2) is 9.13 Å². The molecule has 0 saturated carbocycles. The highest BCUT2D eigenvalue weighted by molar-refractivity contribution is 7.47. The Bertz CT molecular complexity index is 1940. The van der Waals surface area contributed by atoms with Gasteiger partial charge in [-0.1, -0.05) is 382 Å². The van der Waals surface area contributed by atoms with Crippen molar-refractivity contribution in [1.82, 2.24) is 0 Å². The second-order valence-corrected chi connectivity index (χ2v) is 33.4. The quantitative estimate of drug-likeness (QED) is 0.0222. The third-order valence-electron chi connectivity index (χ3n) is 19.2. The van der Waals surface area contributed by atoms with Gasteiger partial charge >= 0.3 is 39.5 Å². The van der Waals surface area contributed by atoms with Crippen LogP contribution in [0.5, 0.6) is 0 Å². The van der Waals surface area contributed by atoms with Gasteiger partial charge in [0.2, 0.25) is 0 Å². The summed E-state index contributed by atoms with van der Waals surface area (Å²) in [5, 5.41) is 10.7. The Morgan fingerprint density at radius 3 is 0.673 bits per heavy atom. The normalized spacial score (nSPS) is 13.9. The summed E-state index contributed by atoms with van der Waals surface area (Å²) in [5.74, 6) is -0.570. The van der Waals surface area contributed by atoms with E-state index in [1.165, 1.54) is 250 Å². The predicted molar refractivity (Wildman–Crippen MR) is 414 cm³/mol. The second-order valence-electron chi connectivity index (χ2n) is 30.5. The number of carbonyl (C=O) groups excluding carboxylic acids is 4. The van der Waals surface area contributed by atoms with Gasteiger partial charge in [-0.05, 0) is 37.5 Å². The molecule has 0 amide bonds. The number of aliphatic hydroxyl groups is 1. The summed E-state index contributed by atoms with van der Waals surface area (Å²) in [6.07, 6.45) is 63.8. The molecule has 17 nitrogen and oxygen atoms in total. The van der Waals surface area contributed by atoms with Crippen molar-refractivity contribution < 1.29 is 80.2 Å². The van der Waals surface area contributed by atoms with E-state index in [0.29, 0.717) is 25.7 Å². The zero-order valence-electron chi connectivity index (χ0n) is 66.2. The van der Waals surface area contributed by atoms with Gasteiger partial charge in [-0.3, -0.25) is 37.3 Å². The summed E-state index contributed by atoms with van der Waals surface area (Å²) in [5.41, 5.74) is 0. The minimum atomic E-state index is -4.96. The van der Waals surface area contributed by atoms with E-state index in [0.717, 1.165) is 102 Å². The largest absolute Gasteiger partial charge is 0.472 e. The van der Waals surface area contributed by atoms with Gasteiger partial charge in [0.25, 0.3) is 0 Å². The molecule has 0 rings (SSSR count). The maximum atomic E-state index is 13.1. The molecule has 19 heteroatoms. The Morgan fingerprint density at radius 2 is 0.455 bits per heavy atom. The highest BCUT2D eigenvalue weighted by atomic mass is 31.2. The Hall–Kier alpha value is -1.94. The second kappa shape index (κ2) is 73.6. The lowest BCUT2D eigenvalue weighted by atomic mass is 10.0. The number of phosphoric ester groups is 2. The lowest BCUT2D eigenvalue weighted by Gasteiger charge is -2.21. The van der Waals surface area contributed by atoms with Crippen LogP contribution >= 0.6 is 15.6 Å². The topological polar surface area (TPSA) is 237 Å². The molecule has 0 saturated heterocycles. The van der Waals surface area contributed by atoms with Crippen molar-refractivity contribution in [2.45, 2.75) is 452 Å². The minimum Gasteiger partial charge on any atom is -0.462 e. The molecule has 0 aliphatic rings. The average molecular weight is 1480 g/mol. The molecule has 0 fully saturated rings. The monoisotopic (exact) mass is 1480 g/mol. The molecule has 2 unspecified atom stereocenters. The molecule has 0 aromatic carbocycles.